The fourth-order valence-electron chi connectivity index (χ4n) is 5.53. The van der Waals surface area contributed by atoms with Crippen LogP contribution >= 0.6 is 0 Å². The van der Waals surface area contributed by atoms with Crippen LogP contribution in [0.1, 0.15) is 207 Å². The Morgan fingerprint density at radius 1 is 0.429 bits per heavy atom. The lowest BCUT2D eigenvalue weighted by Crippen LogP contribution is -2.24. The van der Waals surface area contributed by atoms with Crippen molar-refractivity contribution in [3.8, 4) is 0 Å². The van der Waals surface area contributed by atoms with Crippen LogP contribution in [-0.4, -0.2) is 31.4 Å². The van der Waals surface area contributed by atoms with Gasteiger partial charge in [-0.2, -0.15) is 0 Å². The van der Waals surface area contributed by atoms with Gasteiger partial charge in [-0.05, 0) is 12.8 Å². The molecule has 0 rings (SSSR count). The number of carbonyl (C=O) groups is 2. The molecule has 0 radical (unpaired) electrons. The number of unbranched alkanes of at least 4 members (excludes halogenated alkanes) is 26. The molecule has 0 aromatic rings. The van der Waals surface area contributed by atoms with Crippen LogP contribution in [0.4, 0.5) is 0 Å². The van der Waals surface area contributed by atoms with Crippen molar-refractivity contribution >= 4 is 11.9 Å². The van der Waals surface area contributed by atoms with Gasteiger partial charge in [0, 0.05) is 20.1 Å². The second-order valence-corrected chi connectivity index (χ2v) is 12.5. The molecular weight excluding hydrogens is 524 g/mol. The van der Waals surface area contributed by atoms with Crippen LogP contribution in [-0.2, 0) is 23.8 Å². The van der Waals surface area contributed by atoms with Gasteiger partial charge in [0.15, 0.2) is 6.29 Å². The van der Waals surface area contributed by atoms with Crippen LogP contribution in [0.25, 0.3) is 0 Å². The highest BCUT2D eigenvalue weighted by atomic mass is 16.7. The van der Waals surface area contributed by atoms with Crippen molar-refractivity contribution in [2.75, 3.05) is 13.2 Å². The van der Waals surface area contributed by atoms with Gasteiger partial charge in [-0.1, -0.05) is 181 Å². The molecule has 42 heavy (non-hydrogen) atoms. The highest BCUT2D eigenvalue weighted by Crippen LogP contribution is 2.15. The molecule has 0 heterocycles. The first kappa shape index (κ1) is 41.1. The fourth-order valence-corrected chi connectivity index (χ4v) is 5.53. The summed E-state index contributed by atoms with van der Waals surface area (Å²) in [4.78, 5) is 23.1. The molecule has 0 aromatic carbocycles. The third kappa shape index (κ3) is 33.6. The predicted molar refractivity (Wildman–Crippen MR) is 178 cm³/mol. The van der Waals surface area contributed by atoms with Gasteiger partial charge in [0.1, 0.15) is 0 Å². The molecule has 0 spiro atoms. The molecule has 0 aliphatic rings. The molecule has 0 aliphatic heterocycles. The minimum absolute atomic E-state index is 0.0310. The lowest BCUT2D eigenvalue weighted by molar-refractivity contribution is -0.175. The number of esters is 2. The minimum Gasteiger partial charge on any atom is -0.393 e. The van der Waals surface area contributed by atoms with E-state index in [1.54, 1.807) is 0 Å². The molecule has 0 amide bonds. The fraction of sp³-hybridized carbons (Fsp3) is 0.946. The number of hydrogen-bond donors (Lipinski definition) is 0. The van der Waals surface area contributed by atoms with Gasteiger partial charge in [-0.25, -0.2) is 0 Å². The maximum absolute atomic E-state index is 12.0. The van der Waals surface area contributed by atoms with Crippen LogP contribution in [0.5, 0.6) is 0 Å². The van der Waals surface area contributed by atoms with E-state index in [4.69, 9.17) is 14.2 Å². The third-order valence-electron chi connectivity index (χ3n) is 8.19. The first-order valence-electron chi connectivity index (χ1n) is 18.5. The van der Waals surface area contributed by atoms with Gasteiger partial charge in [-0.15, -0.1) is 0 Å². The largest absolute Gasteiger partial charge is 0.393 e. The highest BCUT2D eigenvalue weighted by Gasteiger charge is 2.17. The Balaban J connectivity index is 3.76. The topological polar surface area (TPSA) is 61.8 Å². The number of ether oxygens (including phenoxy) is 3. The molecule has 0 saturated carbocycles. The van der Waals surface area contributed by atoms with Crippen molar-refractivity contribution < 1.29 is 23.8 Å². The maximum Gasteiger partial charge on any atom is 0.318 e. The van der Waals surface area contributed by atoms with E-state index in [0.717, 1.165) is 25.7 Å². The highest BCUT2D eigenvalue weighted by molar-refractivity contribution is 5.84. The smallest absolute Gasteiger partial charge is 0.318 e. The number of rotatable bonds is 34. The maximum atomic E-state index is 12.0. The van der Waals surface area contributed by atoms with Gasteiger partial charge >= 0.3 is 11.9 Å². The monoisotopic (exact) mass is 597 g/mol. The van der Waals surface area contributed by atoms with Gasteiger partial charge in [0.25, 0.3) is 0 Å². The Bertz CT molecular complexity index is 530. The molecule has 0 aliphatic carbocycles. The summed E-state index contributed by atoms with van der Waals surface area (Å²) in [7, 11) is 0. The molecule has 0 bridgehead atoms. The SMILES string of the molecule is CCCCCCCCCCCCCCCCOC(CC(=O)OC(C)=O)OCCCCCCCCCCCCCCCC. The van der Waals surface area contributed by atoms with E-state index < -0.39 is 18.2 Å². The van der Waals surface area contributed by atoms with Crippen LogP contribution in [0.15, 0.2) is 0 Å². The number of hydrogen-bond acceptors (Lipinski definition) is 5. The van der Waals surface area contributed by atoms with Crippen LogP contribution < -0.4 is 0 Å². The summed E-state index contributed by atoms with van der Waals surface area (Å²) in [6.07, 6.45) is 36.3. The third-order valence-corrected chi connectivity index (χ3v) is 8.19. The predicted octanol–water partition coefficient (Wildman–Crippen LogP) is 11.8. The summed E-state index contributed by atoms with van der Waals surface area (Å²) < 4.78 is 16.5. The Morgan fingerprint density at radius 3 is 0.952 bits per heavy atom. The second-order valence-electron chi connectivity index (χ2n) is 12.5. The van der Waals surface area contributed by atoms with Crippen LogP contribution in [0.2, 0.25) is 0 Å². The summed E-state index contributed by atoms with van der Waals surface area (Å²) in [5.41, 5.74) is 0. The molecule has 5 heteroatoms. The first-order chi connectivity index (χ1) is 20.6. The summed E-state index contributed by atoms with van der Waals surface area (Å²) in [5, 5.41) is 0. The quantitative estimate of drug-likeness (QED) is 0.0320. The van der Waals surface area contributed by atoms with Gasteiger partial charge in [0.05, 0.1) is 6.42 Å². The zero-order valence-electron chi connectivity index (χ0n) is 28.5. The van der Waals surface area contributed by atoms with Crippen molar-refractivity contribution in [1.82, 2.24) is 0 Å². The molecule has 0 saturated heterocycles. The second kappa shape index (κ2) is 34.5. The van der Waals surface area contributed by atoms with E-state index in [9.17, 15) is 9.59 Å². The number of carbonyl (C=O) groups excluding carboxylic acids is 2. The molecular formula is C37H72O5. The lowest BCUT2D eigenvalue weighted by Gasteiger charge is -2.18. The molecule has 0 fully saturated rings. The Labute approximate surface area is 262 Å². The first-order valence-corrected chi connectivity index (χ1v) is 18.5. The summed E-state index contributed by atoms with van der Waals surface area (Å²) in [5.74, 6) is -1.16. The summed E-state index contributed by atoms with van der Waals surface area (Å²) in [6, 6.07) is 0. The van der Waals surface area contributed by atoms with E-state index in [2.05, 4.69) is 13.8 Å². The Morgan fingerprint density at radius 2 is 0.690 bits per heavy atom. The molecule has 0 aromatic heterocycles. The van der Waals surface area contributed by atoms with E-state index in [0.29, 0.717) is 13.2 Å². The van der Waals surface area contributed by atoms with Crippen molar-refractivity contribution in [2.45, 2.75) is 213 Å². The van der Waals surface area contributed by atoms with E-state index in [1.807, 2.05) is 0 Å². The standard InChI is InChI=1S/C37H72O5/c1-4-6-8-10-12-14-16-18-20-22-24-26-28-30-32-40-37(34-36(39)42-35(3)38)41-33-31-29-27-25-23-21-19-17-15-13-11-9-7-5-2/h37H,4-34H2,1-3H3. The molecule has 250 valence electrons. The van der Waals surface area contributed by atoms with Gasteiger partial charge in [0.2, 0.25) is 0 Å². The van der Waals surface area contributed by atoms with Crippen molar-refractivity contribution in [1.29, 1.82) is 0 Å². The molecule has 0 N–H and O–H groups in total. The Kier molecular flexibility index (Phi) is 33.8. The van der Waals surface area contributed by atoms with Crippen molar-refractivity contribution in [3.05, 3.63) is 0 Å². The average molecular weight is 597 g/mol. The van der Waals surface area contributed by atoms with Gasteiger partial charge in [-0.3, -0.25) is 9.59 Å². The van der Waals surface area contributed by atoms with Gasteiger partial charge < -0.3 is 14.2 Å². The Hall–Kier alpha value is -0.940. The average Bonchev–Trinajstić information content (AvgIpc) is 2.96. The van der Waals surface area contributed by atoms with E-state index in [1.165, 1.54) is 161 Å². The molecule has 0 atom stereocenters. The molecule has 5 nitrogen and oxygen atoms in total. The lowest BCUT2D eigenvalue weighted by atomic mass is 10.0. The van der Waals surface area contributed by atoms with E-state index in [-0.39, 0.29) is 6.42 Å². The minimum atomic E-state index is -0.624. The van der Waals surface area contributed by atoms with E-state index >= 15 is 0 Å². The van der Waals surface area contributed by atoms with Crippen LogP contribution in [0.3, 0.4) is 0 Å². The summed E-state index contributed by atoms with van der Waals surface area (Å²) >= 11 is 0. The summed E-state index contributed by atoms with van der Waals surface area (Å²) in [6.45, 7) is 6.95. The zero-order valence-corrected chi connectivity index (χ0v) is 28.5. The van der Waals surface area contributed by atoms with Crippen molar-refractivity contribution in [2.24, 2.45) is 0 Å². The van der Waals surface area contributed by atoms with Crippen molar-refractivity contribution in [3.63, 3.8) is 0 Å². The molecule has 0 unspecified atom stereocenters. The van der Waals surface area contributed by atoms with Crippen LogP contribution in [0, 0.1) is 0 Å². The normalized spacial score (nSPS) is 11.4. The zero-order chi connectivity index (χ0) is 30.8.